The SMILES string of the molecule is Cc1nc2ccccc2c(=O)n1/N=C1/C(=O)N(CN(c2ccccc2)c2ccccc2)c2ccccc21. The van der Waals surface area contributed by atoms with E-state index in [1.807, 2.05) is 91.0 Å². The smallest absolute Gasteiger partial charge is 0.282 e. The molecule has 5 aromatic rings. The number of fused-ring (bicyclic) bond motifs is 2. The first-order valence-corrected chi connectivity index (χ1v) is 12.0. The van der Waals surface area contributed by atoms with Crippen molar-refractivity contribution in [1.29, 1.82) is 0 Å². The standard InChI is InChI=1S/C30H23N5O2/c1-21-31-26-18-10-8-16-24(26)29(36)35(21)32-28-25-17-9-11-19-27(25)34(30(28)37)20-33(22-12-4-2-5-13-22)23-14-6-3-7-15-23/h2-19H,20H2,1H3/b32-28+. The zero-order valence-corrected chi connectivity index (χ0v) is 20.2. The Labute approximate surface area is 213 Å². The van der Waals surface area contributed by atoms with Crippen LogP contribution < -0.4 is 15.4 Å². The third kappa shape index (κ3) is 3.96. The molecule has 0 bridgehead atoms. The number of carbonyl (C=O) groups excluding carboxylic acids is 1. The van der Waals surface area contributed by atoms with Gasteiger partial charge in [-0.25, -0.2) is 4.98 Å². The number of amides is 1. The van der Waals surface area contributed by atoms with Crippen LogP contribution in [0.5, 0.6) is 0 Å². The molecule has 1 aliphatic heterocycles. The number of hydrogen-bond donors (Lipinski definition) is 0. The summed E-state index contributed by atoms with van der Waals surface area (Å²) in [5.41, 5.74) is 3.82. The van der Waals surface area contributed by atoms with Crippen LogP contribution in [0.1, 0.15) is 11.4 Å². The van der Waals surface area contributed by atoms with Gasteiger partial charge in [0.25, 0.3) is 11.5 Å². The van der Waals surface area contributed by atoms with E-state index < -0.39 is 0 Å². The van der Waals surface area contributed by atoms with Gasteiger partial charge in [-0.15, -0.1) is 0 Å². The molecule has 180 valence electrons. The van der Waals surface area contributed by atoms with Gasteiger partial charge >= 0.3 is 0 Å². The first kappa shape index (κ1) is 22.4. The Bertz CT molecular complexity index is 1670. The fraction of sp³-hybridized carbons (Fsp3) is 0.0667. The van der Waals surface area contributed by atoms with Crippen LogP contribution in [0.3, 0.4) is 0 Å². The predicted molar refractivity (Wildman–Crippen MR) is 146 cm³/mol. The Hall–Kier alpha value is -5.04. The van der Waals surface area contributed by atoms with Gasteiger partial charge in [0.2, 0.25) is 0 Å². The monoisotopic (exact) mass is 485 g/mol. The quantitative estimate of drug-likeness (QED) is 0.347. The van der Waals surface area contributed by atoms with Crippen LogP contribution in [-0.4, -0.2) is 27.9 Å². The molecule has 0 unspecified atom stereocenters. The number of hydrogen-bond acceptors (Lipinski definition) is 5. The van der Waals surface area contributed by atoms with Gasteiger partial charge < -0.3 is 4.90 Å². The highest BCUT2D eigenvalue weighted by Gasteiger charge is 2.35. The molecule has 0 atom stereocenters. The zero-order chi connectivity index (χ0) is 25.4. The second-order valence-electron chi connectivity index (χ2n) is 8.73. The fourth-order valence-corrected chi connectivity index (χ4v) is 4.62. The van der Waals surface area contributed by atoms with Crippen molar-refractivity contribution < 1.29 is 4.79 Å². The molecule has 37 heavy (non-hydrogen) atoms. The molecule has 0 saturated heterocycles. The minimum absolute atomic E-state index is 0.207. The average molecular weight is 486 g/mol. The molecule has 2 heterocycles. The minimum Gasteiger partial charge on any atom is -0.323 e. The van der Waals surface area contributed by atoms with Crippen molar-refractivity contribution in [3.05, 3.63) is 131 Å². The normalized spacial score (nSPS) is 13.8. The number of aryl methyl sites for hydroxylation is 1. The Balaban J connectivity index is 1.46. The number of rotatable bonds is 5. The maximum atomic E-state index is 13.9. The van der Waals surface area contributed by atoms with E-state index in [9.17, 15) is 9.59 Å². The average Bonchev–Trinajstić information content (AvgIpc) is 3.20. The second kappa shape index (κ2) is 9.20. The lowest BCUT2D eigenvalue weighted by atomic mass is 10.1. The Morgan fingerprint density at radius 1 is 0.757 bits per heavy atom. The molecule has 1 amide bonds. The topological polar surface area (TPSA) is 70.8 Å². The predicted octanol–water partition coefficient (Wildman–Crippen LogP) is 5.10. The van der Waals surface area contributed by atoms with Crippen LogP contribution in [0.4, 0.5) is 17.1 Å². The van der Waals surface area contributed by atoms with Crippen LogP contribution in [-0.2, 0) is 4.79 Å². The summed E-state index contributed by atoms with van der Waals surface area (Å²) in [6, 6.07) is 34.5. The van der Waals surface area contributed by atoms with E-state index >= 15 is 0 Å². The van der Waals surface area contributed by atoms with E-state index in [4.69, 9.17) is 0 Å². The molecule has 0 aliphatic carbocycles. The Morgan fingerprint density at radius 2 is 1.35 bits per heavy atom. The molecule has 1 aliphatic rings. The molecule has 4 aromatic carbocycles. The molecule has 0 fully saturated rings. The number of anilines is 3. The van der Waals surface area contributed by atoms with Crippen molar-refractivity contribution in [3.63, 3.8) is 0 Å². The summed E-state index contributed by atoms with van der Waals surface area (Å²) in [5, 5.41) is 5.03. The summed E-state index contributed by atoms with van der Waals surface area (Å²) >= 11 is 0. The van der Waals surface area contributed by atoms with Crippen molar-refractivity contribution in [3.8, 4) is 0 Å². The highest BCUT2D eigenvalue weighted by Crippen LogP contribution is 2.33. The molecular formula is C30H23N5O2. The van der Waals surface area contributed by atoms with Crippen LogP contribution >= 0.6 is 0 Å². The summed E-state index contributed by atoms with van der Waals surface area (Å²) in [7, 11) is 0. The Morgan fingerprint density at radius 3 is 2.05 bits per heavy atom. The first-order valence-electron chi connectivity index (χ1n) is 12.0. The molecule has 6 rings (SSSR count). The van der Waals surface area contributed by atoms with E-state index in [0.29, 0.717) is 22.3 Å². The number of nitrogens with zero attached hydrogens (tertiary/aromatic N) is 5. The van der Waals surface area contributed by atoms with E-state index in [2.05, 4.69) is 15.0 Å². The maximum Gasteiger partial charge on any atom is 0.282 e. The molecule has 1 aromatic heterocycles. The van der Waals surface area contributed by atoms with E-state index in [0.717, 1.165) is 17.1 Å². The van der Waals surface area contributed by atoms with Crippen molar-refractivity contribution in [1.82, 2.24) is 9.66 Å². The number of para-hydroxylation sites is 4. The molecule has 0 saturated carbocycles. The van der Waals surface area contributed by atoms with Crippen LogP contribution in [0, 0.1) is 6.92 Å². The molecule has 0 spiro atoms. The van der Waals surface area contributed by atoms with E-state index in [1.54, 1.807) is 30.0 Å². The summed E-state index contributed by atoms with van der Waals surface area (Å²) < 4.78 is 1.22. The molecular weight excluding hydrogens is 462 g/mol. The summed E-state index contributed by atoms with van der Waals surface area (Å²) in [6.45, 7) is 1.99. The van der Waals surface area contributed by atoms with Crippen molar-refractivity contribution in [2.45, 2.75) is 6.92 Å². The van der Waals surface area contributed by atoms with Gasteiger partial charge in [-0.05, 0) is 49.4 Å². The third-order valence-corrected chi connectivity index (χ3v) is 6.43. The molecule has 0 radical (unpaired) electrons. The second-order valence-corrected chi connectivity index (χ2v) is 8.73. The Kier molecular flexibility index (Phi) is 5.58. The van der Waals surface area contributed by atoms with Crippen molar-refractivity contribution >= 4 is 39.6 Å². The number of aromatic nitrogens is 2. The maximum absolute atomic E-state index is 13.9. The highest BCUT2D eigenvalue weighted by atomic mass is 16.2. The van der Waals surface area contributed by atoms with Crippen LogP contribution in [0.25, 0.3) is 10.9 Å². The van der Waals surface area contributed by atoms with Crippen molar-refractivity contribution in [2.24, 2.45) is 5.10 Å². The van der Waals surface area contributed by atoms with E-state index in [1.165, 1.54) is 4.68 Å². The minimum atomic E-state index is -0.311. The summed E-state index contributed by atoms with van der Waals surface area (Å²) in [6.07, 6.45) is 0. The lowest BCUT2D eigenvalue weighted by Gasteiger charge is -2.30. The summed E-state index contributed by atoms with van der Waals surface area (Å²) in [5.74, 6) is 0.132. The van der Waals surface area contributed by atoms with Gasteiger partial charge in [-0.3, -0.25) is 14.5 Å². The van der Waals surface area contributed by atoms with Gasteiger partial charge in [0.1, 0.15) is 12.5 Å². The van der Waals surface area contributed by atoms with Gasteiger partial charge in [0.05, 0.1) is 16.6 Å². The third-order valence-electron chi connectivity index (χ3n) is 6.43. The molecule has 7 heteroatoms. The fourth-order valence-electron chi connectivity index (χ4n) is 4.62. The molecule has 0 N–H and O–H groups in total. The number of benzene rings is 4. The first-order chi connectivity index (χ1) is 18.1. The van der Waals surface area contributed by atoms with Crippen molar-refractivity contribution in [2.75, 3.05) is 16.5 Å². The van der Waals surface area contributed by atoms with Crippen LogP contribution in [0.2, 0.25) is 0 Å². The zero-order valence-electron chi connectivity index (χ0n) is 20.2. The number of carbonyl (C=O) groups is 1. The highest BCUT2D eigenvalue weighted by molar-refractivity contribution is 6.54. The largest absolute Gasteiger partial charge is 0.323 e. The van der Waals surface area contributed by atoms with Gasteiger partial charge in [-0.2, -0.15) is 9.78 Å². The van der Waals surface area contributed by atoms with Gasteiger partial charge in [-0.1, -0.05) is 66.7 Å². The lowest BCUT2D eigenvalue weighted by molar-refractivity contribution is -0.112. The van der Waals surface area contributed by atoms with Gasteiger partial charge in [0, 0.05) is 16.9 Å². The molecule has 7 nitrogen and oxygen atoms in total. The van der Waals surface area contributed by atoms with Crippen LogP contribution in [0.15, 0.2) is 119 Å². The lowest BCUT2D eigenvalue weighted by Crippen LogP contribution is -2.39. The summed E-state index contributed by atoms with van der Waals surface area (Å²) in [4.78, 5) is 35.5. The van der Waals surface area contributed by atoms with Gasteiger partial charge in [0.15, 0.2) is 5.71 Å². The van der Waals surface area contributed by atoms with E-state index in [-0.39, 0.29) is 23.8 Å².